The van der Waals surface area contributed by atoms with Crippen molar-refractivity contribution in [3.8, 4) is 11.1 Å². The molecule has 10 heteroatoms. The van der Waals surface area contributed by atoms with Crippen molar-refractivity contribution in [2.75, 3.05) is 13.1 Å². The summed E-state index contributed by atoms with van der Waals surface area (Å²) in [4.78, 5) is 32.8. The molecule has 2 saturated heterocycles. The SMILES string of the molecule is CC(C)CC(C(=O)N1CCC2C1C(=O)CN2S(=O)(=O)c1ccc[n+]([O-])c1)c1cccc(-c2cccnc2)c1. The highest BCUT2D eigenvalue weighted by atomic mass is 32.2. The molecule has 0 N–H and O–H groups in total. The van der Waals surface area contributed by atoms with Crippen molar-refractivity contribution in [1.82, 2.24) is 14.2 Å². The number of sulfonamides is 1. The van der Waals surface area contributed by atoms with Gasteiger partial charge < -0.3 is 10.1 Å². The minimum absolute atomic E-state index is 0.167. The molecule has 3 atom stereocenters. The number of fused-ring (bicyclic) bond motifs is 1. The molecule has 2 aromatic heterocycles. The van der Waals surface area contributed by atoms with E-state index in [2.05, 4.69) is 18.8 Å². The van der Waals surface area contributed by atoms with Crippen molar-refractivity contribution in [3.05, 3.63) is 84.1 Å². The van der Waals surface area contributed by atoms with Gasteiger partial charge in [-0.25, -0.2) is 8.42 Å². The van der Waals surface area contributed by atoms with Crippen molar-refractivity contribution >= 4 is 21.7 Å². The molecule has 0 saturated carbocycles. The predicted octanol–water partition coefficient (Wildman–Crippen LogP) is 2.75. The van der Waals surface area contributed by atoms with Gasteiger partial charge in [0.25, 0.3) is 0 Å². The van der Waals surface area contributed by atoms with Crippen molar-refractivity contribution in [3.63, 3.8) is 0 Å². The van der Waals surface area contributed by atoms with E-state index in [0.717, 1.165) is 27.2 Å². The molecule has 1 amide bonds. The molecule has 3 aromatic rings. The molecule has 0 spiro atoms. The third-order valence-corrected chi connectivity index (χ3v) is 9.16. The normalized spacial score (nSPS) is 20.6. The van der Waals surface area contributed by atoms with Crippen LogP contribution < -0.4 is 4.73 Å². The van der Waals surface area contributed by atoms with Gasteiger partial charge in [0.15, 0.2) is 18.2 Å². The number of pyridine rings is 2. The number of carbonyl (C=O) groups excluding carboxylic acids is 2. The fourth-order valence-corrected chi connectivity index (χ4v) is 7.22. The number of likely N-dealkylation sites (tertiary alicyclic amines) is 1. The summed E-state index contributed by atoms with van der Waals surface area (Å²) in [5.41, 5.74) is 2.75. The van der Waals surface area contributed by atoms with E-state index in [-0.39, 0.29) is 29.0 Å². The smallest absolute Gasteiger partial charge is 0.249 e. The predicted molar refractivity (Wildman–Crippen MR) is 140 cm³/mol. The number of carbonyl (C=O) groups is 2. The Hall–Kier alpha value is -3.63. The van der Waals surface area contributed by atoms with E-state index in [0.29, 0.717) is 24.1 Å². The summed E-state index contributed by atoms with van der Waals surface area (Å²) in [5.74, 6) is -0.725. The van der Waals surface area contributed by atoms with Gasteiger partial charge in [-0.15, -0.1) is 0 Å². The molecule has 0 aliphatic carbocycles. The maximum Gasteiger partial charge on any atom is 0.249 e. The number of ketones is 1. The van der Waals surface area contributed by atoms with E-state index in [4.69, 9.17) is 0 Å². The average molecular weight is 535 g/mol. The number of amides is 1. The summed E-state index contributed by atoms with van der Waals surface area (Å²) in [7, 11) is -4.08. The molecule has 198 valence electrons. The highest BCUT2D eigenvalue weighted by Gasteiger charge is 2.54. The standard InChI is InChI=1S/C28H30N4O5S/c1-19(2)14-24(21-7-3-6-20(15-21)22-8-4-11-29-16-22)28(34)31-13-10-25-27(31)26(33)18-32(25)38(36,37)23-9-5-12-30(35)17-23/h3-9,11-12,15-17,19,24-25,27H,10,13-14,18H2,1-2H3. The summed E-state index contributed by atoms with van der Waals surface area (Å²) in [6, 6.07) is 12.8. The first-order valence-electron chi connectivity index (χ1n) is 12.7. The molecule has 3 unspecified atom stereocenters. The van der Waals surface area contributed by atoms with Crippen molar-refractivity contribution < 1.29 is 22.7 Å². The Kier molecular flexibility index (Phi) is 7.02. The van der Waals surface area contributed by atoms with Crippen LogP contribution in [0, 0.1) is 11.1 Å². The van der Waals surface area contributed by atoms with E-state index < -0.39 is 28.0 Å². The van der Waals surface area contributed by atoms with Crippen LogP contribution in [0.1, 0.15) is 38.2 Å². The van der Waals surface area contributed by atoms with Crippen molar-refractivity contribution in [2.45, 2.75) is 49.6 Å². The summed E-state index contributed by atoms with van der Waals surface area (Å²) >= 11 is 0. The second kappa shape index (κ2) is 10.3. The second-order valence-electron chi connectivity index (χ2n) is 10.3. The first-order chi connectivity index (χ1) is 18.2. The Morgan fingerprint density at radius 3 is 2.66 bits per heavy atom. The molecule has 5 rings (SSSR count). The first-order valence-corrected chi connectivity index (χ1v) is 14.1. The van der Waals surface area contributed by atoms with Crippen LogP contribution in [-0.4, -0.2) is 59.5 Å². The van der Waals surface area contributed by atoms with Crippen molar-refractivity contribution in [2.24, 2.45) is 5.92 Å². The van der Waals surface area contributed by atoms with Gasteiger partial charge in [0.2, 0.25) is 15.9 Å². The van der Waals surface area contributed by atoms with Gasteiger partial charge in [0.1, 0.15) is 10.9 Å². The first kappa shape index (κ1) is 26.0. The fourth-order valence-electron chi connectivity index (χ4n) is 5.58. The molecule has 2 aliphatic heterocycles. The van der Waals surface area contributed by atoms with Gasteiger partial charge in [-0.3, -0.25) is 14.6 Å². The van der Waals surface area contributed by atoms with E-state index in [9.17, 15) is 23.2 Å². The number of aromatic nitrogens is 2. The Labute approximate surface area is 222 Å². The van der Waals surface area contributed by atoms with Gasteiger partial charge in [-0.05, 0) is 47.6 Å². The maximum atomic E-state index is 14.0. The fraction of sp³-hybridized carbons (Fsp3) is 0.357. The quantitative estimate of drug-likeness (QED) is 0.340. The number of hydrogen-bond acceptors (Lipinski definition) is 6. The number of Topliss-reactive ketones (excluding diaryl/α,β-unsaturated/α-hetero) is 1. The van der Waals surface area contributed by atoms with E-state index >= 15 is 0 Å². The van der Waals surface area contributed by atoms with Gasteiger partial charge in [-0.1, -0.05) is 44.2 Å². The summed E-state index contributed by atoms with van der Waals surface area (Å²) < 4.78 is 28.3. The largest absolute Gasteiger partial charge is 0.619 e. The Morgan fingerprint density at radius 1 is 1.16 bits per heavy atom. The summed E-state index contributed by atoms with van der Waals surface area (Å²) in [5, 5.41) is 11.7. The molecule has 9 nitrogen and oxygen atoms in total. The van der Waals surface area contributed by atoms with Crippen LogP contribution in [-0.2, 0) is 19.6 Å². The molecule has 38 heavy (non-hydrogen) atoms. The minimum Gasteiger partial charge on any atom is -0.619 e. The number of benzene rings is 1. The lowest BCUT2D eigenvalue weighted by molar-refractivity contribution is -0.607. The number of hydrogen-bond donors (Lipinski definition) is 0. The van der Waals surface area contributed by atoms with Crippen LogP contribution in [0.15, 0.2) is 78.2 Å². The summed E-state index contributed by atoms with van der Waals surface area (Å²) in [6.07, 6.45) is 6.62. The van der Waals surface area contributed by atoms with Gasteiger partial charge >= 0.3 is 0 Å². The third kappa shape index (κ3) is 4.81. The molecule has 2 aliphatic rings. The Morgan fingerprint density at radius 2 is 1.95 bits per heavy atom. The van der Waals surface area contributed by atoms with Crippen LogP contribution in [0.5, 0.6) is 0 Å². The Balaban J connectivity index is 1.44. The van der Waals surface area contributed by atoms with Crippen LogP contribution in [0.25, 0.3) is 11.1 Å². The molecular weight excluding hydrogens is 504 g/mol. The molecular formula is C28H30N4O5S. The molecule has 0 radical (unpaired) electrons. The lowest BCUT2D eigenvalue weighted by atomic mass is 9.87. The van der Waals surface area contributed by atoms with Gasteiger partial charge in [-0.2, -0.15) is 9.04 Å². The molecule has 0 bridgehead atoms. The van der Waals surface area contributed by atoms with Gasteiger partial charge in [0, 0.05) is 25.0 Å². The third-order valence-electron chi connectivity index (χ3n) is 7.30. The lowest BCUT2D eigenvalue weighted by Gasteiger charge is -2.29. The van der Waals surface area contributed by atoms with Crippen LogP contribution in [0.4, 0.5) is 0 Å². The van der Waals surface area contributed by atoms with Crippen LogP contribution in [0.3, 0.4) is 0 Å². The highest BCUT2D eigenvalue weighted by Crippen LogP contribution is 2.37. The molecule has 1 aromatic carbocycles. The van der Waals surface area contributed by atoms with E-state index in [1.54, 1.807) is 17.3 Å². The monoisotopic (exact) mass is 534 g/mol. The van der Waals surface area contributed by atoms with Crippen LogP contribution >= 0.6 is 0 Å². The average Bonchev–Trinajstić information content (AvgIpc) is 3.49. The number of nitrogens with zero attached hydrogens (tertiary/aromatic N) is 4. The highest BCUT2D eigenvalue weighted by molar-refractivity contribution is 7.89. The number of rotatable bonds is 7. The Bertz CT molecular complexity index is 1460. The topological polar surface area (TPSA) is 115 Å². The van der Waals surface area contributed by atoms with Gasteiger partial charge in [0.05, 0.1) is 18.5 Å². The zero-order valence-electron chi connectivity index (χ0n) is 21.3. The lowest BCUT2D eigenvalue weighted by Crippen LogP contribution is -2.45. The molecule has 2 fully saturated rings. The zero-order valence-corrected chi connectivity index (χ0v) is 22.1. The van der Waals surface area contributed by atoms with Crippen molar-refractivity contribution in [1.29, 1.82) is 0 Å². The van der Waals surface area contributed by atoms with E-state index in [1.165, 1.54) is 18.3 Å². The zero-order chi connectivity index (χ0) is 27.0. The molecule has 4 heterocycles. The maximum absolute atomic E-state index is 14.0. The summed E-state index contributed by atoms with van der Waals surface area (Å²) in [6.45, 7) is 4.07. The van der Waals surface area contributed by atoms with E-state index in [1.807, 2.05) is 36.4 Å². The van der Waals surface area contributed by atoms with Crippen LogP contribution in [0.2, 0.25) is 0 Å². The minimum atomic E-state index is -4.08. The second-order valence-corrected chi connectivity index (χ2v) is 12.2.